The third kappa shape index (κ3) is 4.56. The molecule has 0 bridgehead atoms. The largest absolute Gasteiger partial charge is 0.416 e. The van der Waals surface area contributed by atoms with Crippen molar-refractivity contribution in [2.75, 3.05) is 4.72 Å². The van der Waals surface area contributed by atoms with Crippen molar-refractivity contribution in [3.8, 4) is 22.5 Å². The molecule has 0 aliphatic carbocycles. The maximum atomic E-state index is 13.5. The fraction of sp³-hybridized carbons (Fsp3) is 0.0833. The molecule has 0 saturated carbocycles. The highest BCUT2D eigenvalue weighted by molar-refractivity contribution is 7.86. The minimum Gasteiger partial charge on any atom is -0.334 e. The Hall–Kier alpha value is -3.57. The monoisotopic (exact) mass is 516 g/mol. The van der Waals surface area contributed by atoms with E-state index in [9.17, 15) is 21.8 Å². The number of hydrogen-bond donors (Lipinski definition) is 1. The number of aromatic nitrogens is 3. The van der Waals surface area contributed by atoms with Crippen LogP contribution < -0.4 is 4.72 Å². The second-order valence-electron chi connectivity index (χ2n) is 7.65. The zero-order chi connectivity index (χ0) is 24.7. The summed E-state index contributed by atoms with van der Waals surface area (Å²) in [6.45, 7) is 0. The Bertz CT molecular complexity index is 1580. The number of halogens is 4. The van der Waals surface area contributed by atoms with Crippen LogP contribution in [0.4, 0.5) is 22.7 Å². The van der Waals surface area contributed by atoms with E-state index in [1.807, 2.05) is 12.1 Å². The summed E-state index contributed by atoms with van der Waals surface area (Å²) < 4.78 is 70.7. The molecule has 5 aromatic rings. The molecule has 0 fully saturated rings. The Morgan fingerprint density at radius 3 is 2.51 bits per heavy atom. The molecule has 0 amide bonds. The van der Waals surface area contributed by atoms with Crippen LogP contribution in [0.2, 0.25) is 0 Å². The summed E-state index contributed by atoms with van der Waals surface area (Å²) >= 11 is 0.748. The maximum absolute atomic E-state index is 13.5. The van der Waals surface area contributed by atoms with Gasteiger partial charge in [-0.1, -0.05) is 41.7 Å². The van der Waals surface area contributed by atoms with Gasteiger partial charge in [-0.3, -0.25) is 4.72 Å². The average Bonchev–Trinajstić information content (AvgIpc) is 3.44. The number of fused-ring (bicyclic) bond motifs is 1. The maximum Gasteiger partial charge on any atom is 0.416 e. The molecule has 0 radical (unpaired) electrons. The molecule has 3 aromatic carbocycles. The lowest BCUT2D eigenvalue weighted by Crippen LogP contribution is -2.06. The van der Waals surface area contributed by atoms with Crippen LogP contribution in [0.15, 0.2) is 78.1 Å². The Morgan fingerprint density at radius 2 is 1.83 bits per heavy atom. The van der Waals surface area contributed by atoms with Gasteiger partial charge in [0, 0.05) is 25.0 Å². The second kappa shape index (κ2) is 8.90. The molecule has 0 spiro atoms. The Labute approximate surface area is 203 Å². The number of hydrogen-bond acceptors (Lipinski definition) is 4. The number of thiazole rings is 1. The Kier molecular flexibility index (Phi) is 5.89. The summed E-state index contributed by atoms with van der Waals surface area (Å²) in [6, 6.07) is 14.2. The van der Waals surface area contributed by atoms with E-state index in [2.05, 4.69) is 14.7 Å². The molecule has 2 heterocycles. The minimum atomic E-state index is -4.50. The van der Waals surface area contributed by atoms with Crippen LogP contribution >= 0.6 is 11.3 Å². The highest BCUT2D eigenvalue weighted by atomic mass is 32.2. The van der Waals surface area contributed by atoms with Crippen LogP contribution in [0.25, 0.3) is 33.3 Å². The molecule has 2 aromatic heterocycles. The van der Waals surface area contributed by atoms with Crippen molar-refractivity contribution >= 4 is 38.2 Å². The van der Waals surface area contributed by atoms with Gasteiger partial charge in [-0.15, -0.1) is 0 Å². The molecule has 0 aliphatic heterocycles. The van der Waals surface area contributed by atoms with Crippen LogP contribution in [0.3, 0.4) is 0 Å². The van der Waals surface area contributed by atoms with Crippen molar-refractivity contribution in [2.24, 2.45) is 7.05 Å². The van der Waals surface area contributed by atoms with E-state index in [1.54, 1.807) is 42.1 Å². The Balaban J connectivity index is 1.61. The number of nitrogens with one attached hydrogen (secondary N) is 1. The lowest BCUT2D eigenvalue weighted by atomic mass is 9.93. The van der Waals surface area contributed by atoms with Gasteiger partial charge >= 0.3 is 6.18 Å². The molecule has 5 rings (SSSR count). The van der Waals surface area contributed by atoms with Crippen LogP contribution in [0.5, 0.6) is 0 Å². The van der Waals surface area contributed by atoms with Gasteiger partial charge in [-0.25, -0.2) is 14.2 Å². The van der Waals surface area contributed by atoms with Gasteiger partial charge in [0.15, 0.2) is 21.2 Å². The molecular formula is C24H16F4N4OS2. The second-order valence-corrected chi connectivity index (χ2v) is 9.84. The number of benzene rings is 3. The van der Waals surface area contributed by atoms with Crippen LogP contribution in [-0.2, 0) is 24.2 Å². The van der Waals surface area contributed by atoms with Gasteiger partial charge in [0.05, 0.1) is 16.7 Å². The van der Waals surface area contributed by atoms with Crippen LogP contribution in [-0.4, -0.2) is 18.7 Å². The van der Waals surface area contributed by atoms with Crippen molar-refractivity contribution in [1.29, 1.82) is 0 Å². The Morgan fingerprint density at radius 1 is 1.00 bits per heavy atom. The van der Waals surface area contributed by atoms with Crippen molar-refractivity contribution in [1.82, 2.24) is 14.5 Å². The molecule has 0 saturated heterocycles. The number of aryl methyl sites for hydroxylation is 1. The predicted molar refractivity (Wildman–Crippen MR) is 129 cm³/mol. The number of anilines is 1. The van der Waals surface area contributed by atoms with E-state index >= 15 is 0 Å². The van der Waals surface area contributed by atoms with E-state index < -0.39 is 27.9 Å². The third-order valence-electron chi connectivity index (χ3n) is 5.42. The van der Waals surface area contributed by atoms with Gasteiger partial charge in [-0.05, 0) is 46.2 Å². The van der Waals surface area contributed by atoms with E-state index in [0.717, 1.165) is 40.4 Å². The predicted octanol–water partition coefficient (Wildman–Crippen LogP) is 6.66. The molecule has 1 N–H and O–H groups in total. The van der Waals surface area contributed by atoms with Crippen molar-refractivity contribution in [3.63, 3.8) is 0 Å². The first kappa shape index (κ1) is 23.2. The topological polar surface area (TPSA) is 59.8 Å². The normalized spacial score (nSPS) is 12.7. The molecule has 11 heteroatoms. The van der Waals surface area contributed by atoms with Gasteiger partial charge in [0.25, 0.3) is 0 Å². The standard InChI is InChI=1S/C24H16F4N4OS2/c1-32-10-9-29-22(32)20-12-15(24(26,27)28)5-7-19(20)18-4-2-3-14-11-16(6-8-17(14)18)35(33)31-23-30-13-21(25)34-23/h2-13H,1H3,(H,30,31). The van der Waals surface area contributed by atoms with E-state index in [-0.39, 0.29) is 5.13 Å². The molecule has 35 heavy (non-hydrogen) atoms. The lowest BCUT2D eigenvalue weighted by molar-refractivity contribution is -0.137. The first-order valence-corrected chi connectivity index (χ1v) is 12.2. The average molecular weight is 517 g/mol. The smallest absolute Gasteiger partial charge is 0.334 e. The minimum absolute atomic E-state index is 0.194. The van der Waals surface area contributed by atoms with Gasteiger partial charge in [0.2, 0.25) is 0 Å². The van der Waals surface area contributed by atoms with Crippen LogP contribution in [0, 0.1) is 5.13 Å². The van der Waals surface area contributed by atoms with E-state index in [1.165, 1.54) is 12.3 Å². The van der Waals surface area contributed by atoms with Crippen LogP contribution in [0.1, 0.15) is 5.56 Å². The number of alkyl halides is 3. The zero-order valence-corrected chi connectivity index (χ0v) is 19.6. The summed E-state index contributed by atoms with van der Waals surface area (Å²) in [6.07, 6.45) is -0.250. The van der Waals surface area contributed by atoms with Gasteiger partial charge < -0.3 is 4.57 Å². The van der Waals surface area contributed by atoms with Gasteiger partial charge in [0.1, 0.15) is 5.82 Å². The fourth-order valence-corrected chi connectivity index (χ4v) is 5.36. The fourth-order valence-electron chi connectivity index (χ4n) is 3.82. The summed E-state index contributed by atoms with van der Waals surface area (Å²) in [5, 5.41) is 1.21. The molecule has 0 aliphatic rings. The molecular weight excluding hydrogens is 500 g/mol. The summed E-state index contributed by atoms with van der Waals surface area (Å²) in [5.74, 6) is 0.403. The molecule has 1 atom stereocenters. The summed E-state index contributed by atoms with van der Waals surface area (Å²) in [4.78, 5) is 8.53. The zero-order valence-electron chi connectivity index (χ0n) is 18.0. The molecule has 178 valence electrons. The first-order chi connectivity index (χ1) is 16.7. The lowest BCUT2D eigenvalue weighted by Gasteiger charge is -2.16. The number of nitrogens with zero attached hydrogens (tertiary/aromatic N) is 3. The van der Waals surface area contributed by atoms with Crippen molar-refractivity contribution in [3.05, 3.63) is 83.9 Å². The van der Waals surface area contributed by atoms with Crippen molar-refractivity contribution in [2.45, 2.75) is 11.1 Å². The van der Waals surface area contributed by atoms with Gasteiger partial charge in [-0.2, -0.15) is 17.6 Å². The summed E-state index contributed by atoms with van der Waals surface area (Å²) in [7, 11) is 0.0405. The SMILES string of the molecule is Cn1ccnc1-c1cc(C(F)(F)F)ccc1-c1cccc2cc(S(=O)Nc3ncc(F)s3)ccc12. The summed E-state index contributed by atoms with van der Waals surface area (Å²) in [5.41, 5.74) is 0.881. The number of imidazole rings is 1. The van der Waals surface area contributed by atoms with E-state index in [0.29, 0.717) is 27.4 Å². The van der Waals surface area contributed by atoms with Crippen molar-refractivity contribution < 1.29 is 21.8 Å². The molecule has 5 nitrogen and oxygen atoms in total. The quantitative estimate of drug-likeness (QED) is 0.266. The van der Waals surface area contributed by atoms with E-state index in [4.69, 9.17) is 0 Å². The molecule has 1 unspecified atom stereocenters. The first-order valence-electron chi connectivity index (χ1n) is 10.2. The number of rotatable bonds is 5. The highest BCUT2D eigenvalue weighted by Crippen LogP contribution is 2.40. The third-order valence-corrected chi connectivity index (χ3v) is 7.31. The highest BCUT2D eigenvalue weighted by Gasteiger charge is 2.31.